The maximum absolute atomic E-state index is 3.64. The van der Waals surface area contributed by atoms with Crippen molar-refractivity contribution in [2.75, 3.05) is 0 Å². The predicted molar refractivity (Wildman–Crippen MR) is 71.3 cm³/mol. The summed E-state index contributed by atoms with van der Waals surface area (Å²) in [6.45, 7) is 2.22. The molecule has 0 heterocycles. The van der Waals surface area contributed by atoms with E-state index in [0.29, 0.717) is 4.83 Å². The molecule has 0 amide bonds. The van der Waals surface area contributed by atoms with Crippen molar-refractivity contribution < 1.29 is 0 Å². The first-order valence-corrected chi connectivity index (χ1v) is 6.74. The summed E-state index contributed by atoms with van der Waals surface area (Å²) in [5.41, 5.74) is 1.46. The average molecular weight is 268 g/mol. The number of benzene rings is 1. The van der Waals surface area contributed by atoms with Gasteiger partial charge in [0.05, 0.1) is 0 Å². The molecule has 0 aromatic heterocycles. The van der Waals surface area contributed by atoms with Crippen molar-refractivity contribution in [2.24, 2.45) is 0 Å². The van der Waals surface area contributed by atoms with Crippen molar-refractivity contribution in [3.63, 3.8) is 0 Å². The molecular weight excluding hydrogens is 248 g/mol. The molecule has 0 nitrogen and oxygen atoms in total. The van der Waals surface area contributed by atoms with Crippen LogP contribution in [0.5, 0.6) is 0 Å². The van der Waals surface area contributed by atoms with Crippen LogP contribution in [-0.2, 0) is 6.42 Å². The van der Waals surface area contributed by atoms with Crippen LogP contribution < -0.4 is 0 Å². The van der Waals surface area contributed by atoms with E-state index in [1.807, 2.05) is 0 Å². The quantitative estimate of drug-likeness (QED) is 0.493. The number of hydrogen-bond donors (Lipinski definition) is 0. The van der Waals surface area contributed by atoms with Gasteiger partial charge in [0.1, 0.15) is 0 Å². The van der Waals surface area contributed by atoms with Gasteiger partial charge in [-0.25, -0.2) is 0 Å². The second kappa shape index (κ2) is 7.92. The largest absolute Gasteiger partial charge is 0.0891 e. The Bertz CT molecular complexity index is 243. The van der Waals surface area contributed by atoms with Gasteiger partial charge < -0.3 is 0 Å². The fourth-order valence-electron chi connectivity index (χ4n) is 1.56. The van der Waals surface area contributed by atoms with Gasteiger partial charge in [0, 0.05) is 4.83 Å². The highest BCUT2D eigenvalue weighted by atomic mass is 79.9. The van der Waals surface area contributed by atoms with E-state index in [-0.39, 0.29) is 0 Å². The monoisotopic (exact) mass is 267 g/mol. The van der Waals surface area contributed by atoms with Crippen LogP contribution in [0.15, 0.2) is 30.3 Å². The number of rotatable bonds is 7. The van der Waals surface area contributed by atoms with Gasteiger partial charge >= 0.3 is 0 Å². The first-order chi connectivity index (χ1) is 7.33. The third-order valence-corrected chi connectivity index (χ3v) is 3.60. The van der Waals surface area contributed by atoms with E-state index < -0.39 is 0 Å². The van der Waals surface area contributed by atoms with Crippen LogP contribution in [0.3, 0.4) is 0 Å². The van der Waals surface area contributed by atoms with E-state index >= 15 is 0 Å². The number of halogens is 1. The molecule has 0 saturated heterocycles. The molecule has 0 fully saturated rings. The third kappa shape index (κ3) is 5.99. The molecule has 1 aromatic rings. The highest BCUT2D eigenvalue weighted by Gasteiger charge is 2.00. The smallest absolute Gasteiger partial charge is 0.0145 e. The minimum atomic E-state index is 0.675. The van der Waals surface area contributed by atoms with Crippen molar-refractivity contribution in [2.45, 2.75) is 43.9 Å². The molecule has 0 aliphatic heterocycles. The summed E-state index contributed by atoms with van der Waals surface area (Å²) in [4.78, 5) is 0.675. The summed E-state index contributed by atoms with van der Waals surface area (Å²) < 4.78 is 0. The number of alkyl halides is 1. The maximum atomic E-state index is 3.64. The molecule has 15 heavy (non-hydrogen) atoms. The third-order valence-electron chi connectivity index (χ3n) is 2.58. The molecule has 0 bridgehead atoms. The average Bonchev–Trinajstić information content (AvgIpc) is 2.29. The zero-order valence-electron chi connectivity index (χ0n) is 9.45. The molecular formula is C14H20Br. The second-order valence-electron chi connectivity index (χ2n) is 3.91. The zero-order chi connectivity index (χ0) is 10.9. The molecule has 83 valence electrons. The number of hydrogen-bond acceptors (Lipinski definition) is 0. The number of aryl methyl sites for hydroxylation is 1. The van der Waals surface area contributed by atoms with Gasteiger partial charge in [-0.2, -0.15) is 0 Å². The molecule has 0 N–H and O–H groups in total. The fraction of sp³-hybridized carbons (Fsp3) is 0.500. The lowest BCUT2D eigenvalue weighted by atomic mass is 10.1. The van der Waals surface area contributed by atoms with E-state index in [0.717, 1.165) is 0 Å². The van der Waals surface area contributed by atoms with Gasteiger partial charge in [0.25, 0.3) is 0 Å². The molecule has 1 radical (unpaired) electrons. The summed E-state index contributed by atoms with van der Waals surface area (Å²) in [7, 11) is 0. The highest BCUT2D eigenvalue weighted by Crippen LogP contribution is 2.14. The Balaban J connectivity index is 2.03. The molecule has 0 aliphatic carbocycles. The van der Waals surface area contributed by atoms with Crippen molar-refractivity contribution in [1.29, 1.82) is 0 Å². The van der Waals surface area contributed by atoms with Crippen LogP contribution in [0.4, 0.5) is 0 Å². The second-order valence-corrected chi connectivity index (χ2v) is 5.20. The maximum Gasteiger partial charge on any atom is 0.0145 e. The topological polar surface area (TPSA) is 0 Å². The lowest BCUT2D eigenvalue weighted by Crippen LogP contribution is -1.95. The van der Waals surface area contributed by atoms with Crippen LogP contribution in [0.25, 0.3) is 0 Å². The Labute approximate surface area is 102 Å². The minimum Gasteiger partial charge on any atom is -0.0891 e. The Kier molecular flexibility index (Phi) is 6.74. The Hall–Kier alpha value is -0.300. The van der Waals surface area contributed by atoms with E-state index in [1.165, 1.54) is 37.7 Å². The van der Waals surface area contributed by atoms with Crippen LogP contribution >= 0.6 is 15.9 Å². The van der Waals surface area contributed by atoms with E-state index in [2.05, 4.69) is 59.6 Å². The Morgan fingerprint density at radius 1 is 1.27 bits per heavy atom. The van der Waals surface area contributed by atoms with E-state index in [1.54, 1.807) is 0 Å². The van der Waals surface area contributed by atoms with Gasteiger partial charge in [-0.05, 0) is 44.1 Å². The first kappa shape index (κ1) is 12.8. The lowest BCUT2D eigenvalue weighted by molar-refractivity contribution is 0.732. The van der Waals surface area contributed by atoms with Gasteiger partial charge in [-0.15, -0.1) is 0 Å². The van der Waals surface area contributed by atoms with E-state index in [9.17, 15) is 0 Å². The fourth-order valence-corrected chi connectivity index (χ4v) is 1.82. The lowest BCUT2D eigenvalue weighted by Gasteiger charge is -2.05. The summed E-state index contributed by atoms with van der Waals surface area (Å²) in [6, 6.07) is 10.7. The Morgan fingerprint density at radius 3 is 2.67 bits per heavy atom. The molecule has 1 unspecified atom stereocenters. The molecule has 1 heteroatoms. The molecule has 1 aromatic carbocycles. The molecule has 0 saturated carbocycles. The molecule has 1 atom stereocenters. The predicted octanol–water partition coefficient (Wildman–Crippen LogP) is 4.78. The molecule has 0 spiro atoms. The minimum absolute atomic E-state index is 0.675. The van der Waals surface area contributed by atoms with Crippen molar-refractivity contribution in [3.05, 3.63) is 42.3 Å². The first-order valence-electron chi connectivity index (χ1n) is 5.82. The van der Waals surface area contributed by atoms with Gasteiger partial charge in [0.2, 0.25) is 0 Å². The SMILES string of the molecule is CCC(Br)C[CH]CCCc1ccccc1. The van der Waals surface area contributed by atoms with Crippen LogP contribution in [-0.4, -0.2) is 4.83 Å². The molecule has 1 rings (SSSR count). The van der Waals surface area contributed by atoms with Crippen molar-refractivity contribution >= 4 is 15.9 Å². The summed E-state index contributed by atoms with van der Waals surface area (Å²) in [5, 5.41) is 0. The van der Waals surface area contributed by atoms with Gasteiger partial charge in [-0.1, -0.05) is 53.2 Å². The highest BCUT2D eigenvalue weighted by molar-refractivity contribution is 9.09. The zero-order valence-corrected chi connectivity index (χ0v) is 11.0. The summed E-state index contributed by atoms with van der Waals surface area (Å²) >= 11 is 3.64. The van der Waals surface area contributed by atoms with Crippen LogP contribution in [0, 0.1) is 6.42 Å². The van der Waals surface area contributed by atoms with E-state index in [4.69, 9.17) is 0 Å². The summed E-state index contributed by atoms with van der Waals surface area (Å²) in [6.07, 6.45) is 8.53. The van der Waals surface area contributed by atoms with Gasteiger partial charge in [0.15, 0.2) is 0 Å². The normalized spacial score (nSPS) is 12.7. The van der Waals surface area contributed by atoms with Crippen LogP contribution in [0.2, 0.25) is 0 Å². The standard InChI is InChI=1S/C14H20Br/c1-2-14(15)12-8-4-7-11-13-9-5-3-6-10-13/h3,5-6,8-10,14H,2,4,7,11-12H2,1H3. The number of unbranched alkanes of at least 4 members (excludes halogenated alkanes) is 2. The van der Waals surface area contributed by atoms with Crippen molar-refractivity contribution in [1.82, 2.24) is 0 Å². The Morgan fingerprint density at radius 2 is 2.00 bits per heavy atom. The van der Waals surface area contributed by atoms with Crippen LogP contribution in [0.1, 0.15) is 38.2 Å². The van der Waals surface area contributed by atoms with Gasteiger partial charge in [-0.3, -0.25) is 0 Å². The molecule has 0 aliphatic rings. The summed E-state index contributed by atoms with van der Waals surface area (Å²) in [5.74, 6) is 0. The van der Waals surface area contributed by atoms with Crippen molar-refractivity contribution in [3.8, 4) is 0 Å².